The summed E-state index contributed by atoms with van der Waals surface area (Å²) in [6, 6.07) is 8.51. The van der Waals surface area contributed by atoms with Gasteiger partial charge in [-0.05, 0) is 88.2 Å². The summed E-state index contributed by atoms with van der Waals surface area (Å²) >= 11 is 0. The predicted octanol–water partition coefficient (Wildman–Crippen LogP) is 4.41. The van der Waals surface area contributed by atoms with Gasteiger partial charge in [0.25, 0.3) is 5.91 Å². The Kier molecular flexibility index (Phi) is 7.86. The number of hydrogen-bond acceptors (Lipinski definition) is 9. The fourth-order valence-corrected chi connectivity index (χ4v) is 8.73. The Morgan fingerprint density at radius 1 is 1.17 bits per heavy atom. The van der Waals surface area contributed by atoms with Crippen LogP contribution >= 0.6 is 0 Å². The van der Waals surface area contributed by atoms with E-state index in [0.717, 1.165) is 85.6 Å². The van der Waals surface area contributed by atoms with Gasteiger partial charge in [-0.25, -0.2) is 4.39 Å². The van der Waals surface area contributed by atoms with Crippen molar-refractivity contribution in [2.24, 2.45) is 0 Å². The van der Waals surface area contributed by atoms with Crippen molar-refractivity contribution < 1.29 is 18.7 Å². The highest BCUT2D eigenvalue weighted by Crippen LogP contribution is 2.47. The lowest BCUT2D eigenvalue weighted by atomic mass is 9.74. The van der Waals surface area contributed by atoms with Gasteiger partial charge >= 0.3 is 6.01 Å². The molecular weight excluding hydrogens is 611 g/mol. The highest BCUT2D eigenvalue weighted by molar-refractivity contribution is 5.92. The number of alkyl halides is 1. The second-order valence-electron chi connectivity index (χ2n) is 14.9. The Balaban J connectivity index is 1.15. The van der Waals surface area contributed by atoms with E-state index in [2.05, 4.69) is 21.9 Å². The Hall–Kier alpha value is -3.77. The molecule has 1 aliphatic carbocycles. The largest absolute Gasteiger partial charge is 0.461 e. The van der Waals surface area contributed by atoms with Gasteiger partial charge in [-0.15, -0.1) is 0 Å². The lowest BCUT2D eigenvalue weighted by molar-refractivity contribution is -0.0855. The number of halogens is 1. The van der Waals surface area contributed by atoms with Crippen molar-refractivity contribution in [1.29, 1.82) is 0 Å². The minimum absolute atomic E-state index is 0.0770. The van der Waals surface area contributed by atoms with Crippen LogP contribution in [0.25, 0.3) is 0 Å². The molecule has 8 rings (SSSR count). The first-order chi connectivity index (χ1) is 23.1. The summed E-state index contributed by atoms with van der Waals surface area (Å²) in [6.45, 7) is 8.13. The van der Waals surface area contributed by atoms with E-state index >= 15 is 0 Å². The number of nitrogens with zero attached hydrogens (tertiary/aromatic N) is 7. The van der Waals surface area contributed by atoms with Crippen molar-refractivity contribution in [2.45, 2.75) is 108 Å². The van der Waals surface area contributed by atoms with Crippen LogP contribution in [0.5, 0.6) is 6.01 Å². The first-order valence-electron chi connectivity index (χ1n) is 17.7. The average molecular weight is 659 g/mol. The Morgan fingerprint density at radius 2 is 2.04 bits per heavy atom. The smallest absolute Gasteiger partial charge is 0.318 e. The third-order valence-corrected chi connectivity index (χ3v) is 11.5. The molecule has 4 aliphatic heterocycles. The molecule has 1 amide bonds. The maximum absolute atomic E-state index is 14.6. The van der Waals surface area contributed by atoms with Gasteiger partial charge in [-0.1, -0.05) is 6.07 Å². The molecule has 0 saturated carbocycles. The number of fused-ring (bicyclic) bond motifs is 5. The van der Waals surface area contributed by atoms with Crippen LogP contribution in [-0.4, -0.2) is 86.5 Å². The summed E-state index contributed by atoms with van der Waals surface area (Å²) in [5.41, 5.74) is 12.0. The molecule has 2 saturated heterocycles. The van der Waals surface area contributed by atoms with Crippen molar-refractivity contribution in [2.75, 3.05) is 43.9 Å². The minimum Gasteiger partial charge on any atom is -0.461 e. The van der Waals surface area contributed by atoms with Crippen LogP contribution in [0, 0.1) is 0 Å². The van der Waals surface area contributed by atoms with Gasteiger partial charge in [-0.3, -0.25) is 14.4 Å². The molecular formula is C36H47FN8O3. The number of aryl methyl sites for hydroxylation is 2. The van der Waals surface area contributed by atoms with Crippen LogP contribution in [0.1, 0.15) is 90.9 Å². The Labute approximate surface area is 281 Å². The third-order valence-electron chi connectivity index (χ3n) is 11.5. The molecule has 11 nitrogen and oxygen atoms in total. The van der Waals surface area contributed by atoms with Crippen molar-refractivity contribution in [3.05, 3.63) is 58.0 Å². The number of carbonyl (C=O) groups is 1. The zero-order chi connectivity index (χ0) is 33.2. The van der Waals surface area contributed by atoms with Gasteiger partial charge in [0.1, 0.15) is 18.6 Å². The van der Waals surface area contributed by atoms with Crippen LogP contribution in [-0.2, 0) is 42.9 Å². The molecule has 5 aliphatic rings. The summed E-state index contributed by atoms with van der Waals surface area (Å²) in [5.74, 6) is 0.716. The van der Waals surface area contributed by atoms with Crippen molar-refractivity contribution >= 4 is 17.4 Å². The number of rotatable bonds is 6. The number of nitrogen functional groups attached to an aromatic ring is 1. The SMILES string of the molecule is CC(C)N(C)C(=O)c1cc2n(n1)CCCN(c1nc(OC[C@@]34CCCN3C[C@H](F)C4)nc3c1CO[C@@]1(CCCc4ccc(N)cc41)C3)C2. The lowest BCUT2D eigenvalue weighted by Gasteiger charge is -2.43. The highest BCUT2D eigenvalue weighted by atomic mass is 19.1. The lowest BCUT2D eigenvalue weighted by Crippen LogP contribution is -2.44. The number of ether oxygens (including phenoxy) is 2. The normalized spacial score (nSPS) is 26.6. The van der Waals surface area contributed by atoms with E-state index in [1.807, 2.05) is 37.7 Å². The molecule has 2 fully saturated rings. The summed E-state index contributed by atoms with van der Waals surface area (Å²) in [4.78, 5) is 29.6. The zero-order valence-corrected chi connectivity index (χ0v) is 28.4. The molecule has 3 atom stereocenters. The van der Waals surface area contributed by atoms with Crippen LogP contribution in [0.2, 0.25) is 0 Å². The van der Waals surface area contributed by atoms with Crippen LogP contribution in [0.3, 0.4) is 0 Å². The summed E-state index contributed by atoms with van der Waals surface area (Å²) in [7, 11) is 1.81. The number of aromatic nitrogens is 4. The molecule has 0 bridgehead atoms. The van der Waals surface area contributed by atoms with Crippen LogP contribution < -0.4 is 15.4 Å². The topological polar surface area (TPSA) is 115 Å². The quantitative estimate of drug-likeness (QED) is 0.385. The Bertz CT molecular complexity index is 1730. The van der Waals surface area contributed by atoms with E-state index in [-0.39, 0.29) is 17.5 Å². The second-order valence-corrected chi connectivity index (χ2v) is 14.9. The Morgan fingerprint density at radius 3 is 2.90 bits per heavy atom. The van der Waals surface area contributed by atoms with Crippen molar-refractivity contribution in [3.63, 3.8) is 0 Å². The first-order valence-corrected chi connectivity index (χ1v) is 17.7. The molecule has 1 aromatic carbocycles. The number of anilines is 2. The van der Waals surface area contributed by atoms with Gasteiger partial charge in [0.05, 0.1) is 35.7 Å². The number of benzene rings is 1. The highest BCUT2D eigenvalue weighted by Gasteiger charge is 2.50. The fourth-order valence-electron chi connectivity index (χ4n) is 8.73. The standard InChI is InChI=1S/C36H47FN8O3/c1-23(2)42(3)33(46)30-16-27-20-43(12-6-14-45(27)41-30)32-28-21-48-36(11-4-7-24-8-9-26(38)15-29(24)36)18-31(28)39-34(40-32)47-22-35-10-5-13-44(35)19-25(37)17-35/h8-9,15-16,23,25H,4-7,10-14,17-22,38H2,1-3H3/t25-,35+,36+/m1/s1. The molecule has 0 unspecified atom stereocenters. The van der Waals surface area contributed by atoms with E-state index < -0.39 is 11.8 Å². The number of amides is 1. The summed E-state index contributed by atoms with van der Waals surface area (Å²) in [6.07, 6.45) is 5.98. The van der Waals surface area contributed by atoms with Crippen molar-refractivity contribution in [3.8, 4) is 6.01 Å². The average Bonchev–Trinajstić information content (AvgIpc) is 3.70. The van der Waals surface area contributed by atoms with Gasteiger partial charge in [0, 0.05) is 56.8 Å². The second kappa shape index (κ2) is 12.0. The summed E-state index contributed by atoms with van der Waals surface area (Å²) in [5, 5.41) is 4.71. The molecule has 2 aromatic heterocycles. The van der Waals surface area contributed by atoms with Gasteiger partial charge in [-0.2, -0.15) is 15.1 Å². The van der Waals surface area contributed by atoms with Gasteiger partial charge < -0.3 is 25.0 Å². The molecule has 0 radical (unpaired) electrons. The molecule has 6 heterocycles. The van der Waals surface area contributed by atoms with Crippen LogP contribution in [0.4, 0.5) is 15.9 Å². The van der Waals surface area contributed by atoms with Gasteiger partial charge in [0.2, 0.25) is 0 Å². The van der Waals surface area contributed by atoms with E-state index in [1.165, 1.54) is 5.56 Å². The molecule has 12 heteroatoms. The summed E-state index contributed by atoms with van der Waals surface area (Å²) < 4.78 is 29.9. The van der Waals surface area contributed by atoms with Crippen LogP contribution in [0.15, 0.2) is 24.3 Å². The molecule has 1 spiro atoms. The number of carbonyl (C=O) groups excluding carboxylic acids is 1. The molecule has 3 aromatic rings. The number of hydrogen-bond donors (Lipinski definition) is 1. The molecule has 2 N–H and O–H groups in total. The predicted molar refractivity (Wildman–Crippen MR) is 180 cm³/mol. The monoisotopic (exact) mass is 658 g/mol. The first kappa shape index (κ1) is 31.5. The fraction of sp³-hybridized carbons (Fsp3) is 0.611. The van der Waals surface area contributed by atoms with Gasteiger partial charge in [0.15, 0.2) is 5.69 Å². The maximum atomic E-state index is 14.6. The minimum atomic E-state index is -0.830. The third kappa shape index (κ3) is 5.41. The van der Waals surface area contributed by atoms with E-state index in [1.54, 1.807) is 4.90 Å². The number of nitrogens with two attached hydrogens (primary N) is 1. The van der Waals surface area contributed by atoms with E-state index in [4.69, 9.17) is 30.3 Å². The van der Waals surface area contributed by atoms with Crippen molar-refractivity contribution in [1.82, 2.24) is 29.5 Å². The molecule has 256 valence electrons. The maximum Gasteiger partial charge on any atom is 0.318 e. The van der Waals surface area contributed by atoms with E-state index in [9.17, 15) is 9.18 Å². The zero-order valence-electron chi connectivity index (χ0n) is 28.4. The van der Waals surface area contributed by atoms with E-state index in [0.29, 0.717) is 57.4 Å². The molecule has 48 heavy (non-hydrogen) atoms.